The monoisotopic (exact) mass is 569 g/mol. The summed E-state index contributed by atoms with van der Waals surface area (Å²) in [7, 11) is 0.270. The van der Waals surface area contributed by atoms with Gasteiger partial charge in [-0.1, -0.05) is 30.3 Å². The van der Waals surface area contributed by atoms with E-state index in [0.717, 1.165) is 9.87 Å². The molecule has 1 atom stereocenters. The summed E-state index contributed by atoms with van der Waals surface area (Å²) in [5.41, 5.74) is 0.943. The third-order valence-corrected chi connectivity index (χ3v) is 8.08. The molecule has 0 radical (unpaired) electrons. The molecule has 0 aliphatic heterocycles. The van der Waals surface area contributed by atoms with Crippen molar-refractivity contribution in [3.63, 3.8) is 0 Å². The summed E-state index contributed by atoms with van der Waals surface area (Å²) in [6.45, 7) is 3.29. The van der Waals surface area contributed by atoms with Gasteiger partial charge in [-0.3, -0.25) is 13.9 Å². The van der Waals surface area contributed by atoms with Crippen LogP contribution in [0, 0.1) is 0 Å². The lowest BCUT2D eigenvalue weighted by Gasteiger charge is -2.32. The van der Waals surface area contributed by atoms with Crippen LogP contribution < -0.4 is 23.8 Å². The van der Waals surface area contributed by atoms with Gasteiger partial charge in [-0.2, -0.15) is 0 Å². The van der Waals surface area contributed by atoms with Gasteiger partial charge in [-0.15, -0.1) is 0 Å². The maximum absolute atomic E-state index is 13.9. The molecule has 3 rings (SSSR count). The number of ether oxygens (including phenoxy) is 3. The molecule has 1 N–H and O–H groups in total. The van der Waals surface area contributed by atoms with Gasteiger partial charge in [0.05, 0.1) is 31.9 Å². The first kappa shape index (κ1) is 30.3. The molecule has 0 aromatic heterocycles. The number of sulfonamides is 1. The summed E-state index contributed by atoms with van der Waals surface area (Å²) in [5.74, 6) is 0.427. The van der Waals surface area contributed by atoms with Crippen LogP contribution in [0.2, 0.25) is 0 Å². The minimum atomic E-state index is -4.19. The zero-order valence-corrected chi connectivity index (χ0v) is 24.1. The van der Waals surface area contributed by atoms with Crippen molar-refractivity contribution in [2.45, 2.75) is 31.3 Å². The predicted molar refractivity (Wildman–Crippen MR) is 152 cm³/mol. The van der Waals surface area contributed by atoms with E-state index in [2.05, 4.69) is 5.32 Å². The Kier molecular flexibility index (Phi) is 10.4. The van der Waals surface area contributed by atoms with Crippen molar-refractivity contribution in [1.29, 1.82) is 0 Å². The molecule has 10 nitrogen and oxygen atoms in total. The third-order valence-electron chi connectivity index (χ3n) is 6.30. The van der Waals surface area contributed by atoms with Crippen LogP contribution in [0.25, 0.3) is 0 Å². The molecule has 3 aromatic carbocycles. The number of hydrogen-bond acceptors (Lipinski definition) is 7. The summed E-state index contributed by atoms with van der Waals surface area (Å²) in [6.07, 6.45) is 0. The maximum Gasteiger partial charge on any atom is 0.264 e. The van der Waals surface area contributed by atoms with E-state index in [4.69, 9.17) is 14.2 Å². The highest BCUT2D eigenvalue weighted by Gasteiger charge is 2.32. The SMILES string of the molecule is CCNC(=O)[C@@H](C)N(Cc1ccc(OC)cc1)C(=O)CN(c1ccc(OC)c(OC)c1)S(=O)(=O)c1ccccc1. The van der Waals surface area contributed by atoms with Crippen molar-refractivity contribution >= 4 is 27.5 Å². The average molecular weight is 570 g/mol. The van der Waals surface area contributed by atoms with Crippen molar-refractivity contribution in [3.8, 4) is 17.2 Å². The Labute approximate surface area is 235 Å². The maximum atomic E-state index is 13.9. The molecular formula is C29H35N3O7S. The molecule has 11 heteroatoms. The molecule has 0 saturated heterocycles. The molecule has 0 aliphatic carbocycles. The molecule has 2 amide bonds. The summed E-state index contributed by atoms with van der Waals surface area (Å²) < 4.78 is 44.7. The lowest BCUT2D eigenvalue weighted by Crippen LogP contribution is -2.51. The van der Waals surface area contributed by atoms with Crippen LogP contribution >= 0.6 is 0 Å². The van der Waals surface area contributed by atoms with E-state index in [1.165, 1.54) is 43.4 Å². The second kappa shape index (κ2) is 13.7. The van der Waals surface area contributed by atoms with Crippen LogP contribution in [0.1, 0.15) is 19.4 Å². The van der Waals surface area contributed by atoms with Crippen molar-refractivity contribution in [2.24, 2.45) is 0 Å². The Morgan fingerprint density at radius 2 is 1.52 bits per heavy atom. The summed E-state index contributed by atoms with van der Waals surface area (Å²) in [4.78, 5) is 28.1. The number of anilines is 1. The van der Waals surface area contributed by atoms with Crippen LogP contribution in [0.3, 0.4) is 0 Å². The van der Waals surface area contributed by atoms with Gasteiger partial charge in [0.1, 0.15) is 18.3 Å². The molecule has 0 saturated carbocycles. The fourth-order valence-corrected chi connectivity index (χ4v) is 5.49. The highest BCUT2D eigenvalue weighted by molar-refractivity contribution is 7.92. The smallest absolute Gasteiger partial charge is 0.264 e. The molecule has 214 valence electrons. The van der Waals surface area contributed by atoms with Gasteiger partial charge in [-0.25, -0.2) is 8.42 Å². The molecule has 40 heavy (non-hydrogen) atoms. The number of benzene rings is 3. The summed E-state index contributed by atoms with van der Waals surface area (Å²) >= 11 is 0. The average Bonchev–Trinajstić information content (AvgIpc) is 2.98. The highest BCUT2D eigenvalue weighted by atomic mass is 32.2. The number of nitrogens with zero attached hydrogens (tertiary/aromatic N) is 2. The normalized spacial score (nSPS) is 11.7. The third kappa shape index (κ3) is 7.03. The van der Waals surface area contributed by atoms with E-state index in [-0.39, 0.29) is 23.0 Å². The second-order valence-electron chi connectivity index (χ2n) is 8.80. The summed E-state index contributed by atoms with van der Waals surface area (Å²) in [5, 5.41) is 2.74. The number of likely N-dealkylation sites (N-methyl/N-ethyl adjacent to an activating group) is 1. The molecular weight excluding hydrogens is 534 g/mol. The Balaban J connectivity index is 2.06. The quantitative estimate of drug-likeness (QED) is 0.335. The number of methoxy groups -OCH3 is 3. The first-order chi connectivity index (χ1) is 19.2. The first-order valence-electron chi connectivity index (χ1n) is 12.7. The number of rotatable bonds is 13. The van der Waals surface area contributed by atoms with Crippen LogP contribution in [-0.4, -0.2) is 65.6 Å². The lowest BCUT2D eigenvalue weighted by atomic mass is 10.1. The molecule has 3 aromatic rings. The largest absolute Gasteiger partial charge is 0.497 e. The molecule has 0 fully saturated rings. The van der Waals surface area contributed by atoms with Gasteiger partial charge < -0.3 is 24.4 Å². The van der Waals surface area contributed by atoms with Crippen molar-refractivity contribution in [1.82, 2.24) is 10.2 Å². The minimum Gasteiger partial charge on any atom is -0.497 e. The number of amides is 2. The molecule has 0 heterocycles. The zero-order valence-electron chi connectivity index (χ0n) is 23.3. The van der Waals surface area contributed by atoms with E-state index >= 15 is 0 Å². The van der Waals surface area contributed by atoms with Crippen molar-refractivity contribution < 1.29 is 32.2 Å². The second-order valence-corrected chi connectivity index (χ2v) is 10.7. The van der Waals surface area contributed by atoms with E-state index in [0.29, 0.717) is 23.8 Å². The Hall–Kier alpha value is -4.25. The van der Waals surface area contributed by atoms with E-state index < -0.39 is 28.5 Å². The topological polar surface area (TPSA) is 114 Å². The Morgan fingerprint density at radius 3 is 2.10 bits per heavy atom. The van der Waals surface area contributed by atoms with Gasteiger partial charge in [0.25, 0.3) is 10.0 Å². The van der Waals surface area contributed by atoms with Gasteiger partial charge in [0, 0.05) is 19.2 Å². The van der Waals surface area contributed by atoms with Gasteiger partial charge in [0.2, 0.25) is 11.8 Å². The number of nitrogens with one attached hydrogen (secondary N) is 1. The van der Waals surface area contributed by atoms with Gasteiger partial charge in [-0.05, 0) is 55.8 Å². The van der Waals surface area contributed by atoms with Crippen LogP contribution in [0.5, 0.6) is 17.2 Å². The standard InChI is InChI=1S/C29H35N3O7S/c1-6-30-29(34)21(2)31(19-22-12-15-24(37-3)16-13-22)28(33)20-32(40(35,36)25-10-8-7-9-11-25)23-14-17-26(38-4)27(18-23)39-5/h7-18,21H,6,19-20H2,1-5H3,(H,30,34)/t21-/m1/s1. The first-order valence-corrected chi connectivity index (χ1v) is 14.1. The fourth-order valence-electron chi connectivity index (χ4n) is 4.06. The van der Waals surface area contributed by atoms with Crippen molar-refractivity contribution in [2.75, 3.05) is 38.7 Å². The van der Waals surface area contributed by atoms with E-state index in [9.17, 15) is 18.0 Å². The van der Waals surface area contributed by atoms with Crippen LogP contribution in [-0.2, 0) is 26.2 Å². The Morgan fingerprint density at radius 1 is 0.875 bits per heavy atom. The van der Waals surface area contributed by atoms with E-state index in [1.807, 2.05) is 0 Å². The van der Waals surface area contributed by atoms with Crippen molar-refractivity contribution in [3.05, 3.63) is 78.4 Å². The summed E-state index contributed by atoms with van der Waals surface area (Å²) in [6, 6.07) is 18.6. The van der Waals surface area contributed by atoms with Gasteiger partial charge in [0.15, 0.2) is 11.5 Å². The number of carbonyl (C=O) groups excluding carboxylic acids is 2. The predicted octanol–water partition coefficient (Wildman–Crippen LogP) is 3.46. The minimum absolute atomic E-state index is 0.0102. The number of hydrogen-bond donors (Lipinski definition) is 1. The van der Waals surface area contributed by atoms with Crippen LogP contribution in [0.15, 0.2) is 77.7 Å². The molecule has 0 spiro atoms. The van der Waals surface area contributed by atoms with E-state index in [1.54, 1.807) is 69.5 Å². The molecule has 0 aliphatic rings. The van der Waals surface area contributed by atoms with Crippen LogP contribution in [0.4, 0.5) is 5.69 Å². The Bertz CT molecular complexity index is 1400. The highest BCUT2D eigenvalue weighted by Crippen LogP contribution is 2.34. The van der Waals surface area contributed by atoms with Gasteiger partial charge >= 0.3 is 0 Å². The fraction of sp³-hybridized carbons (Fsp3) is 0.310. The molecule has 0 bridgehead atoms. The molecule has 0 unspecified atom stereocenters. The number of carbonyl (C=O) groups is 2. The zero-order chi connectivity index (χ0) is 29.3. The lowest BCUT2D eigenvalue weighted by molar-refractivity contribution is -0.139.